The zero-order valence-electron chi connectivity index (χ0n) is 12.0. The Bertz CT molecular complexity index is 501. The third-order valence-electron chi connectivity index (χ3n) is 2.85. The van der Waals surface area contributed by atoms with Crippen molar-refractivity contribution in [1.82, 2.24) is 0 Å². The van der Waals surface area contributed by atoms with Crippen LogP contribution in [0, 0.1) is 0 Å². The fourth-order valence-electron chi connectivity index (χ4n) is 1.73. The van der Waals surface area contributed by atoms with Crippen molar-refractivity contribution in [3.8, 4) is 0 Å². The summed E-state index contributed by atoms with van der Waals surface area (Å²) in [6.07, 6.45) is 2.85. The minimum Gasteiger partial charge on any atom is -0.397 e. The highest BCUT2D eigenvalue weighted by molar-refractivity contribution is 7.84. The maximum Gasteiger partial charge on any atom is 0.224 e. The van der Waals surface area contributed by atoms with E-state index in [2.05, 4.69) is 12.2 Å². The van der Waals surface area contributed by atoms with Crippen molar-refractivity contribution < 1.29 is 9.00 Å². The smallest absolute Gasteiger partial charge is 0.224 e. The van der Waals surface area contributed by atoms with Crippen LogP contribution < -0.4 is 11.1 Å². The van der Waals surface area contributed by atoms with E-state index in [4.69, 9.17) is 28.9 Å². The summed E-state index contributed by atoms with van der Waals surface area (Å²) in [5.74, 6) is 1.05. The summed E-state index contributed by atoms with van der Waals surface area (Å²) in [6, 6.07) is 3.05. The van der Waals surface area contributed by atoms with Gasteiger partial charge in [-0.05, 0) is 25.0 Å². The average molecular weight is 351 g/mol. The van der Waals surface area contributed by atoms with E-state index < -0.39 is 10.8 Å². The van der Waals surface area contributed by atoms with Gasteiger partial charge >= 0.3 is 0 Å². The minimum absolute atomic E-state index is 0.196. The second kappa shape index (κ2) is 9.28. The number of nitrogens with one attached hydrogen (secondary N) is 1. The lowest BCUT2D eigenvalue weighted by Gasteiger charge is -2.10. The van der Waals surface area contributed by atoms with Crippen LogP contribution in [0.1, 0.15) is 32.6 Å². The molecule has 0 heterocycles. The normalized spacial score (nSPS) is 12.1. The highest BCUT2D eigenvalue weighted by atomic mass is 35.5. The van der Waals surface area contributed by atoms with E-state index in [0.717, 1.165) is 12.8 Å². The molecule has 118 valence electrons. The van der Waals surface area contributed by atoms with Crippen LogP contribution in [-0.4, -0.2) is 21.6 Å². The van der Waals surface area contributed by atoms with Crippen LogP contribution >= 0.6 is 23.2 Å². The quantitative estimate of drug-likeness (QED) is 0.699. The second-order valence-electron chi connectivity index (χ2n) is 4.71. The van der Waals surface area contributed by atoms with E-state index in [1.54, 1.807) is 0 Å². The Kier molecular flexibility index (Phi) is 8.07. The van der Waals surface area contributed by atoms with Crippen LogP contribution in [0.15, 0.2) is 12.1 Å². The number of hydrogen-bond donors (Lipinski definition) is 2. The summed E-state index contributed by atoms with van der Waals surface area (Å²) in [5.41, 5.74) is 6.47. The van der Waals surface area contributed by atoms with Gasteiger partial charge in [0.1, 0.15) is 0 Å². The largest absolute Gasteiger partial charge is 0.397 e. The number of halogens is 2. The number of carbonyl (C=O) groups excluding carboxylic acids is 1. The lowest BCUT2D eigenvalue weighted by molar-refractivity contribution is -0.116. The molecule has 0 aliphatic carbocycles. The van der Waals surface area contributed by atoms with Crippen LogP contribution in [0.25, 0.3) is 0 Å². The molecule has 1 aromatic rings. The summed E-state index contributed by atoms with van der Waals surface area (Å²) >= 11 is 11.8. The summed E-state index contributed by atoms with van der Waals surface area (Å²) in [6.45, 7) is 2.06. The zero-order chi connectivity index (χ0) is 15.8. The molecule has 0 aliphatic heterocycles. The molecule has 3 N–H and O–H groups in total. The number of rotatable bonds is 8. The molecule has 21 heavy (non-hydrogen) atoms. The molecule has 0 bridgehead atoms. The molecule has 0 fully saturated rings. The first-order chi connectivity index (χ1) is 9.93. The number of hydrogen-bond acceptors (Lipinski definition) is 3. The molecule has 7 heteroatoms. The van der Waals surface area contributed by atoms with Gasteiger partial charge in [-0.2, -0.15) is 0 Å². The molecule has 0 radical (unpaired) electrons. The number of carbonyl (C=O) groups is 1. The van der Waals surface area contributed by atoms with Gasteiger partial charge in [-0.3, -0.25) is 9.00 Å². The molecule has 1 unspecified atom stereocenters. The molecule has 1 amide bonds. The number of benzene rings is 1. The Balaban J connectivity index is 2.43. The molecule has 0 aliphatic rings. The van der Waals surface area contributed by atoms with E-state index in [1.165, 1.54) is 12.1 Å². The van der Waals surface area contributed by atoms with Gasteiger partial charge in [0.25, 0.3) is 0 Å². The topological polar surface area (TPSA) is 72.2 Å². The Labute approximate surface area is 137 Å². The molecule has 0 saturated heterocycles. The van der Waals surface area contributed by atoms with Crippen LogP contribution in [0.3, 0.4) is 0 Å². The van der Waals surface area contributed by atoms with Crippen LogP contribution in [0.5, 0.6) is 0 Å². The summed E-state index contributed by atoms with van der Waals surface area (Å²) < 4.78 is 11.6. The van der Waals surface area contributed by atoms with Crippen molar-refractivity contribution >= 4 is 51.3 Å². The third-order valence-corrected chi connectivity index (χ3v) is 4.86. The first kappa shape index (κ1) is 18.3. The molecule has 1 aromatic carbocycles. The van der Waals surface area contributed by atoms with Crippen molar-refractivity contribution in [2.75, 3.05) is 22.6 Å². The van der Waals surface area contributed by atoms with Crippen molar-refractivity contribution in [3.05, 3.63) is 22.2 Å². The van der Waals surface area contributed by atoms with E-state index in [1.807, 2.05) is 0 Å². The van der Waals surface area contributed by atoms with Crippen LogP contribution in [0.2, 0.25) is 10.0 Å². The summed E-state index contributed by atoms with van der Waals surface area (Å²) in [4.78, 5) is 11.8. The number of anilines is 2. The Morgan fingerprint density at radius 3 is 2.57 bits per heavy atom. The fraction of sp³-hybridized carbons (Fsp3) is 0.500. The number of nitrogens with two attached hydrogens (primary N) is 1. The monoisotopic (exact) mass is 350 g/mol. The van der Waals surface area contributed by atoms with Crippen LogP contribution in [0.4, 0.5) is 11.4 Å². The van der Waals surface area contributed by atoms with Crippen LogP contribution in [-0.2, 0) is 15.6 Å². The summed E-state index contributed by atoms with van der Waals surface area (Å²) in [7, 11) is -0.843. The van der Waals surface area contributed by atoms with Gasteiger partial charge in [0.2, 0.25) is 5.91 Å². The van der Waals surface area contributed by atoms with Gasteiger partial charge in [0.05, 0.1) is 16.4 Å². The lowest BCUT2D eigenvalue weighted by atomic mass is 10.2. The van der Waals surface area contributed by atoms with E-state index in [-0.39, 0.29) is 12.3 Å². The third kappa shape index (κ3) is 6.68. The fourth-order valence-corrected chi connectivity index (χ4v) is 3.57. The van der Waals surface area contributed by atoms with Crippen molar-refractivity contribution in [2.24, 2.45) is 0 Å². The maximum atomic E-state index is 11.8. The minimum atomic E-state index is -0.843. The highest BCUT2D eigenvalue weighted by Gasteiger charge is 2.11. The van der Waals surface area contributed by atoms with Crippen molar-refractivity contribution in [3.63, 3.8) is 0 Å². The molecule has 4 nitrogen and oxygen atoms in total. The zero-order valence-corrected chi connectivity index (χ0v) is 14.3. The average Bonchev–Trinajstić information content (AvgIpc) is 2.40. The number of unbranched alkanes of at least 4 members (excludes halogenated alkanes) is 1. The van der Waals surface area contributed by atoms with Gasteiger partial charge < -0.3 is 11.1 Å². The molecule has 1 atom stereocenters. The van der Waals surface area contributed by atoms with E-state index in [9.17, 15) is 9.00 Å². The first-order valence-electron chi connectivity index (χ1n) is 6.83. The van der Waals surface area contributed by atoms with E-state index in [0.29, 0.717) is 39.3 Å². The predicted octanol–water partition coefficient (Wildman–Crippen LogP) is 3.84. The maximum absolute atomic E-state index is 11.8. The highest BCUT2D eigenvalue weighted by Crippen LogP contribution is 2.32. The SMILES string of the molecule is CCCCS(=O)CCCC(=O)Nc1c(N)cc(Cl)cc1Cl. The molecular weight excluding hydrogens is 331 g/mol. The number of nitrogen functional groups attached to an aromatic ring is 1. The Morgan fingerprint density at radius 2 is 1.95 bits per heavy atom. The first-order valence-corrected chi connectivity index (χ1v) is 9.07. The number of amides is 1. The molecule has 0 spiro atoms. The van der Waals surface area contributed by atoms with Crippen molar-refractivity contribution in [2.45, 2.75) is 32.6 Å². The standard InChI is InChI=1S/C14H20Cl2N2O2S/c1-2-3-6-21(20)7-4-5-13(19)18-14-11(16)8-10(15)9-12(14)17/h8-9H,2-7,17H2,1H3,(H,18,19). The second-order valence-corrected chi connectivity index (χ2v) is 7.24. The van der Waals surface area contributed by atoms with Gasteiger partial charge in [-0.15, -0.1) is 0 Å². The summed E-state index contributed by atoms with van der Waals surface area (Å²) in [5, 5.41) is 3.39. The molecular formula is C14H20Cl2N2O2S. The van der Waals surface area contributed by atoms with Gasteiger partial charge in [0, 0.05) is 33.7 Å². The predicted molar refractivity (Wildman–Crippen MR) is 91.5 cm³/mol. The van der Waals surface area contributed by atoms with Gasteiger partial charge in [-0.25, -0.2) is 0 Å². The Morgan fingerprint density at radius 1 is 1.29 bits per heavy atom. The van der Waals surface area contributed by atoms with E-state index >= 15 is 0 Å². The Hall–Kier alpha value is -0.780. The molecule has 1 rings (SSSR count). The van der Waals surface area contributed by atoms with Crippen molar-refractivity contribution in [1.29, 1.82) is 0 Å². The molecule has 0 aromatic heterocycles. The van der Waals surface area contributed by atoms with Gasteiger partial charge in [-0.1, -0.05) is 36.5 Å². The van der Waals surface area contributed by atoms with Gasteiger partial charge in [0.15, 0.2) is 0 Å². The molecule has 0 saturated carbocycles. The lowest BCUT2D eigenvalue weighted by Crippen LogP contribution is -2.14.